The van der Waals surface area contributed by atoms with Gasteiger partial charge in [-0.3, -0.25) is 4.79 Å². The van der Waals surface area contributed by atoms with Gasteiger partial charge < -0.3 is 14.4 Å². The molecule has 1 saturated carbocycles. The van der Waals surface area contributed by atoms with Gasteiger partial charge >= 0.3 is 0 Å². The first-order valence-electron chi connectivity index (χ1n) is 9.73. The number of carbonyl (C=O) groups excluding carboxylic acids is 1. The van der Waals surface area contributed by atoms with Crippen LogP contribution < -0.4 is 9.47 Å². The Hall–Kier alpha value is -2.22. The summed E-state index contributed by atoms with van der Waals surface area (Å²) < 4.78 is 11.0. The second kappa shape index (κ2) is 8.93. The van der Waals surface area contributed by atoms with Crippen LogP contribution in [0.15, 0.2) is 18.2 Å². The molecule has 1 amide bonds. The minimum Gasteiger partial charge on any atom is -0.493 e. The molecular formula is C21H28N2O3. The fraction of sp³-hybridized carbons (Fsp3) is 0.619. The fourth-order valence-electron chi connectivity index (χ4n) is 4.34. The minimum absolute atomic E-state index is 0.275. The topological polar surface area (TPSA) is 62.6 Å². The number of rotatable bonds is 6. The Morgan fingerprint density at radius 1 is 1.23 bits per heavy atom. The van der Waals surface area contributed by atoms with Gasteiger partial charge in [0.25, 0.3) is 0 Å². The molecule has 1 aliphatic heterocycles. The van der Waals surface area contributed by atoms with Crippen LogP contribution in [0.1, 0.15) is 56.9 Å². The SMILES string of the molecule is COc1cc(C#N)ccc1OCCCC(=O)N1CCC[C@@H]2CCCC[C@@H]21. The van der Waals surface area contributed by atoms with Crippen molar-refractivity contribution in [3.63, 3.8) is 0 Å². The third kappa shape index (κ3) is 4.30. The molecule has 3 rings (SSSR count). The number of nitrogens with zero attached hydrogens (tertiary/aromatic N) is 2. The Kier molecular flexibility index (Phi) is 6.38. The number of hydrogen-bond acceptors (Lipinski definition) is 4. The molecule has 2 fully saturated rings. The molecule has 0 bridgehead atoms. The highest BCUT2D eigenvalue weighted by Gasteiger charge is 2.35. The van der Waals surface area contributed by atoms with Gasteiger partial charge in [-0.1, -0.05) is 12.8 Å². The number of hydrogen-bond donors (Lipinski definition) is 0. The molecule has 0 aromatic heterocycles. The van der Waals surface area contributed by atoms with Gasteiger partial charge in [0.1, 0.15) is 0 Å². The van der Waals surface area contributed by atoms with Crippen LogP contribution in [0.25, 0.3) is 0 Å². The lowest BCUT2D eigenvalue weighted by Gasteiger charge is -2.44. The molecular weight excluding hydrogens is 328 g/mol. The van der Waals surface area contributed by atoms with Gasteiger partial charge in [0.15, 0.2) is 11.5 Å². The van der Waals surface area contributed by atoms with Crippen LogP contribution >= 0.6 is 0 Å². The molecule has 0 radical (unpaired) electrons. The van der Waals surface area contributed by atoms with Crippen molar-refractivity contribution in [2.75, 3.05) is 20.3 Å². The van der Waals surface area contributed by atoms with Crippen molar-refractivity contribution in [3.8, 4) is 17.6 Å². The van der Waals surface area contributed by atoms with Gasteiger partial charge in [-0.15, -0.1) is 0 Å². The standard InChI is InChI=1S/C21H28N2O3/c1-25-20-14-16(15-22)10-11-19(20)26-13-5-9-21(24)23-12-4-7-17-6-2-3-8-18(17)23/h10-11,14,17-18H,2-9,12-13H2,1H3/t17-,18-/m0/s1. The molecule has 1 heterocycles. The van der Waals surface area contributed by atoms with Gasteiger partial charge in [0.05, 0.1) is 25.3 Å². The first-order valence-corrected chi connectivity index (χ1v) is 9.73. The lowest BCUT2D eigenvalue weighted by molar-refractivity contribution is -0.137. The summed E-state index contributed by atoms with van der Waals surface area (Å²) in [5.41, 5.74) is 0.538. The maximum atomic E-state index is 12.7. The predicted molar refractivity (Wildman–Crippen MR) is 99.1 cm³/mol. The van der Waals surface area contributed by atoms with E-state index < -0.39 is 0 Å². The summed E-state index contributed by atoms with van der Waals surface area (Å²) in [4.78, 5) is 14.8. The summed E-state index contributed by atoms with van der Waals surface area (Å²) in [6.07, 6.45) is 8.70. The van der Waals surface area contributed by atoms with Gasteiger partial charge in [0, 0.05) is 25.1 Å². The summed E-state index contributed by atoms with van der Waals surface area (Å²) in [5, 5.41) is 8.94. The second-order valence-corrected chi connectivity index (χ2v) is 7.27. The number of nitriles is 1. The van der Waals surface area contributed by atoms with Gasteiger partial charge in [0.2, 0.25) is 5.91 Å². The zero-order valence-electron chi connectivity index (χ0n) is 15.6. The number of fused-ring (bicyclic) bond motifs is 1. The van der Waals surface area contributed by atoms with E-state index in [9.17, 15) is 4.79 Å². The van der Waals surface area contributed by atoms with Gasteiger partial charge in [-0.2, -0.15) is 5.26 Å². The highest BCUT2D eigenvalue weighted by Crippen LogP contribution is 2.35. The zero-order valence-corrected chi connectivity index (χ0v) is 15.6. The maximum Gasteiger partial charge on any atom is 0.222 e. The highest BCUT2D eigenvalue weighted by atomic mass is 16.5. The van der Waals surface area contributed by atoms with E-state index in [0.29, 0.717) is 42.6 Å². The number of piperidine rings is 1. The molecule has 1 aromatic rings. The Balaban J connectivity index is 1.47. The fourth-order valence-corrected chi connectivity index (χ4v) is 4.34. The molecule has 0 N–H and O–H groups in total. The summed E-state index contributed by atoms with van der Waals surface area (Å²) in [7, 11) is 1.56. The van der Waals surface area contributed by atoms with Crippen LogP contribution in [0.3, 0.4) is 0 Å². The average Bonchev–Trinajstić information content (AvgIpc) is 2.70. The maximum absolute atomic E-state index is 12.7. The zero-order chi connectivity index (χ0) is 18.4. The molecule has 0 unspecified atom stereocenters. The van der Waals surface area contributed by atoms with Crippen LogP contribution in [-0.2, 0) is 4.79 Å². The molecule has 140 valence electrons. The van der Waals surface area contributed by atoms with E-state index >= 15 is 0 Å². The van der Waals surface area contributed by atoms with Crippen molar-refractivity contribution >= 4 is 5.91 Å². The molecule has 26 heavy (non-hydrogen) atoms. The van der Waals surface area contributed by atoms with Crippen LogP contribution in [0.4, 0.5) is 0 Å². The Bertz CT molecular complexity index is 666. The molecule has 2 aliphatic rings. The molecule has 5 heteroatoms. The number of benzene rings is 1. The van der Waals surface area contributed by atoms with E-state index in [1.165, 1.54) is 32.1 Å². The third-order valence-electron chi connectivity index (χ3n) is 5.65. The first kappa shape index (κ1) is 18.6. The van der Waals surface area contributed by atoms with E-state index in [0.717, 1.165) is 18.9 Å². The largest absolute Gasteiger partial charge is 0.493 e. The van der Waals surface area contributed by atoms with Crippen molar-refractivity contribution in [1.29, 1.82) is 5.26 Å². The summed E-state index contributed by atoms with van der Waals surface area (Å²) in [6.45, 7) is 1.39. The molecule has 5 nitrogen and oxygen atoms in total. The van der Waals surface area contributed by atoms with Gasteiger partial charge in [-0.05, 0) is 50.2 Å². The molecule has 2 atom stereocenters. The predicted octanol–water partition coefficient (Wildman–Crippen LogP) is 3.91. The van der Waals surface area contributed by atoms with E-state index in [2.05, 4.69) is 11.0 Å². The summed E-state index contributed by atoms with van der Waals surface area (Å²) in [5.74, 6) is 2.17. The minimum atomic E-state index is 0.275. The first-order chi connectivity index (χ1) is 12.7. The molecule has 1 aromatic carbocycles. The highest BCUT2D eigenvalue weighted by molar-refractivity contribution is 5.76. The molecule has 1 saturated heterocycles. The lowest BCUT2D eigenvalue weighted by Crippen LogP contribution is -2.49. The Morgan fingerprint density at radius 2 is 2.04 bits per heavy atom. The van der Waals surface area contributed by atoms with E-state index in [-0.39, 0.29) is 5.91 Å². The quantitative estimate of drug-likeness (QED) is 0.725. The average molecular weight is 356 g/mol. The van der Waals surface area contributed by atoms with E-state index in [4.69, 9.17) is 14.7 Å². The van der Waals surface area contributed by atoms with Crippen molar-refractivity contribution in [3.05, 3.63) is 23.8 Å². The Labute approximate surface area is 155 Å². The summed E-state index contributed by atoms with van der Waals surface area (Å²) in [6, 6.07) is 7.68. The van der Waals surface area contributed by atoms with Crippen LogP contribution in [0, 0.1) is 17.2 Å². The van der Waals surface area contributed by atoms with Crippen molar-refractivity contribution in [1.82, 2.24) is 4.90 Å². The third-order valence-corrected chi connectivity index (χ3v) is 5.65. The van der Waals surface area contributed by atoms with E-state index in [1.54, 1.807) is 25.3 Å². The molecule has 1 aliphatic carbocycles. The Morgan fingerprint density at radius 3 is 2.85 bits per heavy atom. The van der Waals surface area contributed by atoms with Crippen LogP contribution in [-0.4, -0.2) is 37.1 Å². The molecule has 0 spiro atoms. The van der Waals surface area contributed by atoms with Gasteiger partial charge in [-0.25, -0.2) is 0 Å². The number of ether oxygens (including phenoxy) is 2. The van der Waals surface area contributed by atoms with Crippen LogP contribution in [0.2, 0.25) is 0 Å². The van der Waals surface area contributed by atoms with Crippen molar-refractivity contribution in [2.24, 2.45) is 5.92 Å². The van der Waals surface area contributed by atoms with Crippen LogP contribution in [0.5, 0.6) is 11.5 Å². The normalized spacial score (nSPS) is 22.2. The second-order valence-electron chi connectivity index (χ2n) is 7.27. The van der Waals surface area contributed by atoms with Crippen molar-refractivity contribution < 1.29 is 14.3 Å². The number of methoxy groups -OCH3 is 1. The smallest absolute Gasteiger partial charge is 0.222 e. The van der Waals surface area contributed by atoms with E-state index in [1.807, 2.05) is 0 Å². The number of carbonyl (C=O) groups is 1. The number of amides is 1. The van der Waals surface area contributed by atoms with Crippen molar-refractivity contribution in [2.45, 2.75) is 57.4 Å². The summed E-state index contributed by atoms with van der Waals surface area (Å²) >= 11 is 0. The lowest BCUT2D eigenvalue weighted by atomic mass is 9.78. The monoisotopic (exact) mass is 356 g/mol. The number of likely N-dealkylation sites (tertiary alicyclic amines) is 1.